The number of ether oxygens (including phenoxy) is 2. The number of Topliss-reactive ketones (excluding diaryl/α,β-unsaturated/α-hetero) is 1. The maximum atomic E-state index is 14.1. The van der Waals surface area contributed by atoms with Crippen molar-refractivity contribution >= 4 is 34.9 Å². The van der Waals surface area contributed by atoms with Crippen LogP contribution in [0, 0.1) is 16.7 Å². The number of carbonyl (C=O) groups is 3. The van der Waals surface area contributed by atoms with Crippen LogP contribution in [0.25, 0.3) is 0 Å². The summed E-state index contributed by atoms with van der Waals surface area (Å²) in [5.41, 5.74) is 4.47. The number of amides is 1. The van der Waals surface area contributed by atoms with Crippen molar-refractivity contribution in [2.24, 2.45) is 11.1 Å². The quantitative estimate of drug-likeness (QED) is 0.695. The van der Waals surface area contributed by atoms with E-state index in [-0.39, 0.29) is 48.1 Å². The molecule has 0 radical (unpaired) electrons. The van der Waals surface area contributed by atoms with E-state index in [1.165, 1.54) is 11.0 Å². The predicted octanol–water partition coefficient (Wildman–Crippen LogP) is 2.85. The fraction of sp³-hybridized carbons (Fsp3) is 0.391. The Balaban J connectivity index is 2.03. The predicted molar refractivity (Wildman–Crippen MR) is 115 cm³/mol. The van der Waals surface area contributed by atoms with Gasteiger partial charge in [-0.1, -0.05) is 25.4 Å². The van der Waals surface area contributed by atoms with E-state index in [1.807, 2.05) is 19.9 Å². The minimum atomic E-state index is -1.83. The largest absolute Gasteiger partial charge is 0.465 e. The number of esters is 1. The molecule has 4 rings (SSSR count). The van der Waals surface area contributed by atoms with E-state index in [4.69, 9.17) is 26.8 Å². The smallest absolute Gasteiger partial charge is 0.326 e. The molecule has 1 unspecified atom stereocenters. The maximum Gasteiger partial charge on any atom is 0.326 e. The number of fused-ring (bicyclic) bond motifs is 3. The number of hydrogen-bond acceptors (Lipinski definition) is 7. The Morgan fingerprint density at radius 3 is 2.72 bits per heavy atom. The van der Waals surface area contributed by atoms with Gasteiger partial charge in [-0.15, -0.1) is 0 Å². The molecule has 1 aromatic carbocycles. The van der Waals surface area contributed by atoms with Crippen LogP contribution >= 0.6 is 11.6 Å². The molecule has 1 spiro atoms. The van der Waals surface area contributed by atoms with Crippen molar-refractivity contribution in [2.75, 3.05) is 18.1 Å². The van der Waals surface area contributed by atoms with Crippen LogP contribution < -0.4 is 10.6 Å². The summed E-state index contributed by atoms with van der Waals surface area (Å²) < 4.78 is 10.8. The van der Waals surface area contributed by atoms with Gasteiger partial charge in [0.05, 0.1) is 12.2 Å². The zero-order valence-electron chi connectivity index (χ0n) is 18.0. The van der Waals surface area contributed by atoms with Crippen molar-refractivity contribution in [3.63, 3.8) is 0 Å². The van der Waals surface area contributed by atoms with Crippen LogP contribution in [-0.4, -0.2) is 30.8 Å². The van der Waals surface area contributed by atoms with E-state index in [1.54, 1.807) is 19.1 Å². The molecule has 3 aliphatic rings. The number of nitriles is 1. The number of halogens is 1. The van der Waals surface area contributed by atoms with Crippen molar-refractivity contribution in [3.05, 3.63) is 51.6 Å². The van der Waals surface area contributed by atoms with E-state index in [0.717, 1.165) is 0 Å². The number of nitrogens with two attached hydrogens (primary N) is 1. The molecule has 0 aromatic heterocycles. The van der Waals surface area contributed by atoms with Crippen molar-refractivity contribution in [2.45, 2.75) is 39.0 Å². The highest BCUT2D eigenvalue weighted by molar-refractivity contribution is 6.31. The van der Waals surface area contributed by atoms with Gasteiger partial charge in [0.1, 0.15) is 29.4 Å². The molecule has 166 valence electrons. The highest BCUT2D eigenvalue weighted by Crippen LogP contribution is 2.57. The Morgan fingerprint density at radius 1 is 1.34 bits per heavy atom. The van der Waals surface area contributed by atoms with Crippen LogP contribution in [0.15, 0.2) is 41.0 Å². The monoisotopic (exact) mass is 455 g/mol. The van der Waals surface area contributed by atoms with Gasteiger partial charge in [0, 0.05) is 29.1 Å². The topological polar surface area (TPSA) is 123 Å². The van der Waals surface area contributed by atoms with Crippen molar-refractivity contribution in [1.29, 1.82) is 5.26 Å². The molecule has 0 saturated heterocycles. The minimum absolute atomic E-state index is 0.0856. The van der Waals surface area contributed by atoms with Gasteiger partial charge in [0.25, 0.3) is 0 Å². The molecular weight excluding hydrogens is 434 g/mol. The molecule has 0 saturated carbocycles. The number of carbonyl (C=O) groups excluding carboxylic acids is 3. The SMILES string of the molecule is CCOC(=O)CN1C(=O)C2(C(C#N)=C(N)OC3=C2C(=O)CC(C)(C)C3)c2cc(Cl)ccc21. The molecular formula is C23H22ClN3O5. The molecule has 1 aliphatic carbocycles. The first kappa shape index (κ1) is 21.9. The molecule has 2 heterocycles. The van der Waals surface area contributed by atoms with Gasteiger partial charge in [0.2, 0.25) is 11.8 Å². The summed E-state index contributed by atoms with van der Waals surface area (Å²) in [7, 11) is 0. The molecule has 1 aromatic rings. The van der Waals surface area contributed by atoms with E-state index in [2.05, 4.69) is 0 Å². The van der Waals surface area contributed by atoms with Gasteiger partial charge in [-0.3, -0.25) is 19.3 Å². The summed E-state index contributed by atoms with van der Waals surface area (Å²) >= 11 is 6.28. The number of nitrogens with zero attached hydrogens (tertiary/aromatic N) is 2. The number of allylic oxidation sites excluding steroid dienone is 1. The lowest BCUT2D eigenvalue weighted by Gasteiger charge is -2.41. The lowest BCUT2D eigenvalue weighted by Crippen LogP contribution is -2.51. The molecule has 1 atom stereocenters. The normalized spacial score (nSPS) is 23.7. The second-order valence-corrected chi connectivity index (χ2v) is 9.24. The standard InChI is InChI=1S/C23H22ClN3O5/c1-4-31-18(29)11-27-15-6-5-12(24)7-13(15)23(21(27)30)14(10-25)20(26)32-17-9-22(2,3)8-16(28)19(17)23/h5-7H,4,8-9,11,26H2,1-3H3. The first-order valence-corrected chi connectivity index (χ1v) is 10.6. The number of anilines is 1. The molecule has 32 heavy (non-hydrogen) atoms. The van der Waals surface area contributed by atoms with Crippen LogP contribution in [0.4, 0.5) is 5.69 Å². The molecule has 2 aliphatic heterocycles. The van der Waals surface area contributed by atoms with Crippen molar-refractivity contribution < 1.29 is 23.9 Å². The van der Waals surface area contributed by atoms with Crippen LogP contribution in [0.5, 0.6) is 0 Å². The maximum absolute atomic E-state index is 14.1. The average Bonchev–Trinajstić information content (AvgIpc) is 2.90. The van der Waals surface area contributed by atoms with E-state index in [0.29, 0.717) is 22.7 Å². The molecule has 1 amide bonds. The van der Waals surface area contributed by atoms with Crippen LogP contribution in [0.3, 0.4) is 0 Å². The number of rotatable bonds is 3. The van der Waals surface area contributed by atoms with E-state index >= 15 is 0 Å². The molecule has 2 N–H and O–H groups in total. The van der Waals surface area contributed by atoms with Crippen LogP contribution in [0.1, 0.15) is 39.2 Å². The molecule has 0 bridgehead atoms. The van der Waals surface area contributed by atoms with Gasteiger partial charge in [-0.2, -0.15) is 5.26 Å². The second kappa shape index (κ2) is 7.38. The third kappa shape index (κ3) is 3.00. The Kier molecular flexibility index (Phi) is 5.05. The summed E-state index contributed by atoms with van der Waals surface area (Å²) in [5.74, 6) is -1.54. The fourth-order valence-electron chi connectivity index (χ4n) is 4.85. The summed E-state index contributed by atoms with van der Waals surface area (Å²) in [5, 5.41) is 10.3. The molecule has 9 heteroatoms. The summed E-state index contributed by atoms with van der Waals surface area (Å²) in [6.45, 7) is 5.25. The highest BCUT2D eigenvalue weighted by Gasteiger charge is 2.63. The third-order valence-electron chi connectivity index (χ3n) is 5.99. The van der Waals surface area contributed by atoms with E-state index < -0.39 is 22.7 Å². The third-order valence-corrected chi connectivity index (χ3v) is 6.22. The lowest BCUT2D eigenvalue weighted by atomic mass is 9.62. The van der Waals surface area contributed by atoms with E-state index in [9.17, 15) is 19.6 Å². The Hall–Kier alpha value is -3.31. The molecule has 8 nitrogen and oxygen atoms in total. The Bertz CT molecular complexity index is 1180. The first-order valence-electron chi connectivity index (χ1n) is 10.2. The lowest BCUT2D eigenvalue weighted by molar-refractivity contribution is -0.142. The fourth-order valence-corrected chi connectivity index (χ4v) is 5.02. The zero-order valence-corrected chi connectivity index (χ0v) is 18.7. The Labute approximate surface area is 190 Å². The first-order chi connectivity index (χ1) is 15.1. The van der Waals surface area contributed by atoms with Gasteiger partial charge >= 0.3 is 5.97 Å². The van der Waals surface area contributed by atoms with Gasteiger partial charge < -0.3 is 15.2 Å². The van der Waals surface area contributed by atoms with Gasteiger partial charge in [-0.25, -0.2) is 0 Å². The average molecular weight is 456 g/mol. The second-order valence-electron chi connectivity index (χ2n) is 8.80. The number of benzene rings is 1. The molecule has 0 fully saturated rings. The van der Waals surface area contributed by atoms with Crippen LogP contribution in [0.2, 0.25) is 5.02 Å². The number of ketones is 1. The van der Waals surface area contributed by atoms with Crippen molar-refractivity contribution in [3.8, 4) is 6.07 Å². The van der Waals surface area contributed by atoms with Gasteiger partial charge in [0.15, 0.2) is 5.78 Å². The van der Waals surface area contributed by atoms with Crippen molar-refractivity contribution in [1.82, 2.24) is 0 Å². The summed E-state index contributed by atoms with van der Waals surface area (Å²) in [6, 6.07) is 6.68. The summed E-state index contributed by atoms with van der Waals surface area (Å²) in [4.78, 5) is 41.0. The van der Waals surface area contributed by atoms with Gasteiger partial charge in [-0.05, 0) is 30.5 Å². The summed E-state index contributed by atoms with van der Waals surface area (Å²) in [6.07, 6.45) is 0.521. The minimum Gasteiger partial charge on any atom is -0.465 e. The Morgan fingerprint density at radius 2 is 2.06 bits per heavy atom. The van der Waals surface area contributed by atoms with Crippen LogP contribution in [-0.2, 0) is 29.3 Å². The number of hydrogen-bond donors (Lipinski definition) is 1. The highest BCUT2D eigenvalue weighted by atomic mass is 35.5. The zero-order chi connectivity index (χ0) is 23.4.